The third-order valence-electron chi connectivity index (χ3n) is 14.4. The summed E-state index contributed by atoms with van der Waals surface area (Å²) in [6.07, 6.45) is -17.1. The molecule has 3 saturated heterocycles. The number of benzene rings is 2. The van der Waals surface area contributed by atoms with Gasteiger partial charge < -0.3 is 124 Å². The summed E-state index contributed by atoms with van der Waals surface area (Å²) in [7, 11) is 0. The van der Waals surface area contributed by atoms with Crippen LogP contribution in [-0.4, -0.2) is 228 Å². The third kappa shape index (κ3) is 15.3. The van der Waals surface area contributed by atoms with E-state index in [0.717, 1.165) is 24.8 Å². The van der Waals surface area contributed by atoms with E-state index in [1.807, 2.05) is 6.07 Å². The highest BCUT2D eigenvalue weighted by Gasteiger charge is 2.54. The number of ether oxygens (including phenoxy) is 8. The number of aliphatic hydroxyl groups is 6. The number of thiocarbonyl (C=S) groups is 2. The maximum atomic E-state index is 13.1. The van der Waals surface area contributed by atoms with Crippen LogP contribution in [0.15, 0.2) is 42.5 Å². The summed E-state index contributed by atoms with van der Waals surface area (Å²) >= 11 is 11.0. The molecule has 0 amide bonds. The number of rotatable bonds is 25. The zero-order valence-electron chi connectivity index (χ0n) is 43.2. The lowest BCUT2D eigenvalue weighted by atomic mass is 9.83. The van der Waals surface area contributed by atoms with E-state index in [1.165, 1.54) is 0 Å². The van der Waals surface area contributed by atoms with E-state index in [4.69, 9.17) is 96.7 Å². The fourth-order valence-electron chi connectivity index (χ4n) is 9.88. The number of carbonyl (C=O) groups excluding carboxylic acids is 2. The van der Waals surface area contributed by atoms with Gasteiger partial charge >= 0.3 is 0 Å². The number of fused-ring (bicyclic) bond motifs is 2. The van der Waals surface area contributed by atoms with Crippen molar-refractivity contribution < 1.29 is 78.1 Å². The molecule has 5 aliphatic rings. The van der Waals surface area contributed by atoms with Crippen LogP contribution in [0, 0.1) is 0 Å². The molecule has 2 aromatic rings. The van der Waals surface area contributed by atoms with Gasteiger partial charge in [0.25, 0.3) is 0 Å². The second kappa shape index (κ2) is 29.4. The molecular formula is C50H78N10O16S2. The lowest BCUT2D eigenvalue weighted by molar-refractivity contribution is -0.306. The zero-order chi connectivity index (χ0) is 56.2. The number of nitrogens with one attached hydrogen (secondary N) is 4. The van der Waals surface area contributed by atoms with Crippen molar-refractivity contribution >= 4 is 46.2 Å². The van der Waals surface area contributed by atoms with Gasteiger partial charge in [0.15, 0.2) is 40.7 Å². The van der Waals surface area contributed by atoms with Crippen LogP contribution in [0.4, 0.5) is 0 Å². The standard InChI is InChI=1S/C50H78N10O16S2/c51-19-30-38(64)40(66)33(55)46(71-30)74-43-29(54)18-28(53)37(63)45(43)76-48-42(68)44(75-47-34(56)41(67)39(65)31(20-52)72-47)32(73-48)22-60-50(78)58-12-6-16-70-14-4-3-13-69-15-5-11-57-49(77)59-21-23-9-10-26-27(17-23)36(62)25-8-2-1-7-24(25)35(26)61/h1-2,7-10,17,28-34,37-48,63-68H,3-6,11-16,18-22,51-56H2,(H2,57,59,77)(H2,58,60,78)/t28-,29+,30-,31+,32-,33-,34-,37+,38-,39-,40-,41-,42-,43-,44-,45-,46-,47-,48+/m1/s1. The molecule has 26 nitrogen and oxygen atoms in total. The molecule has 0 radical (unpaired) electrons. The van der Waals surface area contributed by atoms with E-state index in [0.29, 0.717) is 79.8 Å². The summed E-state index contributed by atoms with van der Waals surface area (Å²) in [6.45, 7) is 3.17. The van der Waals surface area contributed by atoms with E-state index >= 15 is 0 Å². The van der Waals surface area contributed by atoms with Gasteiger partial charge in [0, 0.05) is 100 Å². The Morgan fingerprint density at radius 1 is 0.538 bits per heavy atom. The normalized spacial score (nSPS) is 34.7. The summed E-state index contributed by atoms with van der Waals surface area (Å²) in [5.74, 6) is -0.319. The minimum Gasteiger partial charge on any atom is -0.389 e. The minimum absolute atomic E-state index is 0.0678. The molecular weight excluding hydrogens is 1060 g/mol. The van der Waals surface area contributed by atoms with Gasteiger partial charge in [-0.1, -0.05) is 30.3 Å². The largest absolute Gasteiger partial charge is 0.389 e. The predicted octanol–water partition coefficient (Wildman–Crippen LogP) is -5.39. The van der Waals surface area contributed by atoms with Crippen LogP contribution in [0.25, 0.3) is 0 Å². The number of ketones is 2. The molecule has 2 aliphatic carbocycles. The topological polar surface area (TPSA) is 434 Å². The fraction of sp³-hybridized carbons (Fsp3) is 0.680. The van der Waals surface area contributed by atoms with Crippen molar-refractivity contribution in [3.63, 3.8) is 0 Å². The molecule has 4 fully saturated rings. The molecule has 3 heterocycles. The van der Waals surface area contributed by atoms with Gasteiger partial charge in [-0.15, -0.1) is 0 Å². The molecule has 19 atom stereocenters. The number of aliphatic hydroxyl groups excluding tert-OH is 6. The van der Waals surface area contributed by atoms with Crippen molar-refractivity contribution in [3.05, 3.63) is 70.3 Å². The Bertz CT molecular complexity index is 2300. The molecule has 28 heteroatoms. The van der Waals surface area contributed by atoms with Gasteiger partial charge in [0.2, 0.25) is 0 Å². The van der Waals surface area contributed by atoms with Crippen molar-refractivity contribution in [2.24, 2.45) is 34.4 Å². The Balaban J connectivity index is 0.790. The van der Waals surface area contributed by atoms with E-state index in [-0.39, 0.29) is 42.7 Å². The molecule has 1 saturated carbocycles. The molecule has 0 bridgehead atoms. The number of nitrogens with two attached hydrogens (primary N) is 6. The smallest absolute Gasteiger partial charge is 0.194 e. The number of hydrogen-bond acceptors (Lipinski definition) is 24. The van der Waals surface area contributed by atoms with Gasteiger partial charge in [-0.25, -0.2) is 0 Å². The quantitative estimate of drug-likeness (QED) is 0.0278. The third-order valence-corrected chi connectivity index (χ3v) is 15.0. The summed E-state index contributed by atoms with van der Waals surface area (Å²) < 4.78 is 48.0. The first-order valence-electron chi connectivity index (χ1n) is 26.4. The van der Waals surface area contributed by atoms with Crippen LogP contribution >= 0.6 is 24.4 Å². The molecule has 78 heavy (non-hydrogen) atoms. The van der Waals surface area contributed by atoms with Crippen LogP contribution in [0.1, 0.15) is 69.5 Å². The predicted molar refractivity (Wildman–Crippen MR) is 287 cm³/mol. The lowest BCUT2D eigenvalue weighted by Gasteiger charge is -2.47. The fourth-order valence-corrected chi connectivity index (χ4v) is 10.2. The van der Waals surface area contributed by atoms with Crippen LogP contribution in [0.5, 0.6) is 0 Å². The van der Waals surface area contributed by atoms with Gasteiger partial charge in [0.1, 0.15) is 67.1 Å². The molecule has 22 N–H and O–H groups in total. The van der Waals surface area contributed by atoms with E-state index in [2.05, 4.69) is 21.3 Å². The highest BCUT2D eigenvalue weighted by molar-refractivity contribution is 7.80. The van der Waals surface area contributed by atoms with E-state index in [9.17, 15) is 40.2 Å². The molecule has 7 rings (SSSR count). The van der Waals surface area contributed by atoms with Crippen molar-refractivity contribution in [2.45, 2.75) is 155 Å². The zero-order valence-corrected chi connectivity index (χ0v) is 44.8. The molecule has 3 aliphatic heterocycles. The SMILES string of the molecule is NC[C@@H]1O[C@H](O[C@H]2[C@@H](O)[C@H](O[C@@H]3[C@@H](O)[C@H](N)C[C@H](N)[C@H]3O[C@H]3O[C@H](CN)[C@@H](O)[C@H](O)[C@H]3N)O[C@@H]2CNC(=S)NCCCOCCCCOCCCNC(=S)NCc2ccc3c(c2)C(=O)c2ccccc2C3=O)[C@H](N)[C@@H](O)[C@@H]1O. The maximum Gasteiger partial charge on any atom is 0.194 e. The van der Waals surface area contributed by atoms with Crippen LogP contribution in [0.3, 0.4) is 0 Å². The number of unbranched alkanes of at least 4 members (excludes halogenated alkanes) is 1. The second-order valence-electron chi connectivity index (χ2n) is 20.0. The van der Waals surface area contributed by atoms with Gasteiger partial charge in [-0.3, -0.25) is 9.59 Å². The molecule has 2 aromatic carbocycles. The van der Waals surface area contributed by atoms with Gasteiger partial charge in [-0.2, -0.15) is 0 Å². The van der Waals surface area contributed by atoms with Gasteiger partial charge in [0.05, 0.1) is 18.2 Å². The first kappa shape index (κ1) is 62.0. The first-order valence-corrected chi connectivity index (χ1v) is 27.2. The Hall–Kier alpha value is -3.64. The average molecular weight is 1140 g/mol. The molecule has 0 unspecified atom stereocenters. The molecule has 0 spiro atoms. The highest BCUT2D eigenvalue weighted by Crippen LogP contribution is 2.35. The summed E-state index contributed by atoms with van der Waals surface area (Å²) in [6, 6.07) is 7.78. The Morgan fingerprint density at radius 2 is 1.03 bits per heavy atom. The van der Waals surface area contributed by atoms with Crippen molar-refractivity contribution in [3.8, 4) is 0 Å². The summed E-state index contributed by atoms with van der Waals surface area (Å²) in [5.41, 5.74) is 39.2. The Kier molecular flexibility index (Phi) is 23.3. The maximum absolute atomic E-state index is 13.1. The van der Waals surface area contributed by atoms with Crippen molar-refractivity contribution in [1.82, 2.24) is 21.3 Å². The summed E-state index contributed by atoms with van der Waals surface area (Å²) in [5, 5.41) is 78.5. The summed E-state index contributed by atoms with van der Waals surface area (Å²) in [4.78, 5) is 26.0. The van der Waals surface area contributed by atoms with Gasteiger partial charge in [-0.05, 0) is 74.2 Å². The average Bonchev–Trinajstić information content (AvgIpc) is 3.81. The van der Waals surface area contributed by atoms with Crippen LogP contribution in [0.2, 0.25) is 0 Å². The highest BCUT2D eigenvalue weighted by atomic mass is 32.1. The molecule has 436 valence electrons. The lowest BCUT2D eigenvalue weighted by Crippen LogP contribution is -2.68. The van der Waals surface area contributed by atoms with Crippen LogP contribution in [-0.2, 0) is 44.4 Å². The van der Waals surface area contributed by atoms with Crippen molar-refractivity contribution in [2.75, 3.05) is 59.2 Å². The van der Waals surface area contributed by atoms with Crippen LogP contribution < -0.4 is 55.7 Å². The Morgan fingerprint density at radius 3 is 1.59 bits per heavy atom. The number of hydrogen-bond donors (Lipinski definition) is 16. The van der Waals surface area contributed by atoms with E-state index in [1.54, 1.807) is 36.4 Å². The second-order valence-corrected chi connectivity index (χ2v) is 20.8. The minimum atomic E-state index is -1.62. The number of carbonyl (C=O) groups is 2. The first-order chi connectivity index (χ1) is 37.4. The van der Waals surface area contributed by atoms with E-state index < -0.39 is 116 Å². The van der Waals surface area contributed by atoms with Crippen molar-refractivity contribution in [1.29, 1.82) is 0 Å². The monoisotopic (exact) mass is 1140 g/mol. The Labute approximate surface area is 462 Å². The molecule has 0 aromatic heterocycles.